The maximum Gasteiger partial charge on any atom is 0.156 e. The molecule has 0 saturated heterocycles. The molecule has 0 aromatic rings. The molecule has 2 aliphatic carbocycles. The van der Waals surface area contributed by atoms with Gasteiger partial charge in [-0.05, 0) is 17.7 Å². The molecule has 1 aliphatic heterocycles. The topological polar surface area (TPSA) is 9.23 Å². The van der Waals surface area contributed by atoms with Crippen molar-refractivity contribution in [3.63, 3.8) is 0 Å². The summed E-state index contributed by atoms with van der Waals surface area (Å²) in [7, 11) is 0. The predicted octanol–water partition coefficient (Wildman–Crippen LogP) is 3.21. The van der Waals surface area contributed by atoms with Crippen LogP contribution in [0.5, 0.6) is 0 Å². The molecule has 0 radical (unpaired) electrons. The lowest BCUT2D eigenvalue weighted by molar-refractivity contribution is 0.110. The Morgan fingerprint density at radius 1 is 1.07 bits per heavy atom. The molecule has 0 saturated carbocycles. The van der Waals surface area contributed by atoms with Gasteiger partial charge in [0.1, 0.15) is 0 Å². The highest BCUT2D eigenvalue weighted by Gasteiger charge is 2.38. The Morgan fingerprint density at radius 3 is 2.93 bits per heavy atom. The van der Waals surface area contributed by atoms with Crippen LogP contribution in [-0.2, 0) is 4.74 Å². The highest BCUT2D eigenvalue weighted by atomic mass is 16.5. The maximum atomic E-state index is 5.80. The van der Waals surface area contributed by atoms with Gasteiger partial charge in [-0.3, -0.25) is 0 Å². The number of fused-ring (bicyclic) bond motifs is 2. The van der Waals surface area contributed by atoms with E-state index < -0.39 is 0 Å². The van der Waals surface area contributed by atoms with Crippen LogP contribution >= 0.6 is 0 Å². The van der Waals surface area contributed by atoms with Crippen molar-refractivity contribution >= 4 is 0 Å². The maximum absolute atomic E-state index is 5.80. The van der Waals surface area contributed by atoms with Crippen molar-refractivity contribution in [2.75, 3.05) is 0 Å². The molecule has 0 bridgehead atoms. The molecule has 0 fully saturated rings. The van der Waals surface area contributed by atoms with Gasteiger partial charge >= 0.3 is 0 Å². The fourth-order valence-electron chi connectivity index (χ4n) is 2.22. The van der Waals surface area contributed by atoms with E-state index in [1.54, 1.807) is 6.26 Å². The van der Waals surface area contributed by atoms with Gasteiger partial charge in [-0.1, -0.05) is 42.5 Å². The number of ether oxygens (including phenoxy) is 1. The average Bonchev–Trinajstić information content (AvgIpc) is 2.51. The van der Waals surface area contributed by atoms with Crippen LogP contribution in [0.2, 0.25) is 0 Å². The highest BCUT2D eigenvalue weighted by Crippen LogP contribution is 2.41. The molecule has 1 spiro atoms. The van der Waals surface area contributed by atoms with Gasteiger partial charge in [0.2, 0.25) is 0 Å². The lowest BCUT2D eigenvalue weighted by atomic mass is 9.91. The third kappa shape index (κ3) is 1.23. The Morgan fingerprint density at radius 2 is 2.07 bits per heavy atom. The van der Waals surface area contributed by atoms with E-state index in [4.69, 9.17) is 4.74 Å². The summed E-state index contributed by atoms with van der Waals surface area (Å²) in [6.07, 6.45) is 21.5. The Bertz CT molecular complexity index is 458. The Balaban J connectivity index is 2.06. The molecule has 15 heavy (non-hydrogen) atoms. The summed E-state index contributed by atoms with van der Waals surface area (Å²) in [5, 5.41) is 0. The van der Waals surface area contributed by atoms with E-state index in [2.05, 4.69) is 42.5 Å². The minimum absolute atomic E-state index is 0.247. The summed E-state index contributed by atoms with van der Waals surface area (Å²) in [6, 6.07) is 0. The van der Waals surface area contributed by atoms with Gasteiger partial charge in [0.25, 0.3) is 0 Å². The number of rotatable bonds is 0. The second-order valence-electron chi connectivity index (χ2n) is 3.88. The molecule has 74 valence electrons. The van der Waals surface area contributed by atoms with E-state index in [1.165, 1.54) is 11.1 Å². The van der Waals surface area contributed by atoms with Crippen LogP contribution in [0.15, 0.2) is 72.1 Å². The smallest absolute Gasteiger partial charge is 0.156 e. The SMILES string of the molecule is C1=CC=C2C(=CCC23C=CC=CO3)C=C1. The minimum Gasteiger partial charge on any atom is -0.486 e. The number of hydrogen-bond donors (Lipinski definition) is 0. The first-order chi connectivity index (χ1) is 7.41. The van der Waals surface area contributed by atoms with Crippen LogP contribution in [0, 0.1) is 0 Å². The summed E-state index contributed by atoms with van der Waals surface area (Å²) >= 11 is 0. The van der Waals surface area contributed by atoms with Crippen LogP contribution in [0.1, 0.15) is 6.42 Å². The Labute approximate surface area is 89.4 Å². The van der Waals surface area contributed by atoms with Crippen molar-refractivity contribution in [1.29, 1.82) is 0 Å². The molecule has 0 amide bonds. The third-order valence-corrected chi connectivity index (χ3v) is 2.99. The van der Waals surface area contributed by atoms with Crippen LogP contribution in [0.4, 0.5) is 0 Å². The van der Waals surface area contributed by atoms with E-state index >= 15 is 0 Å². The molecule has 0 aromatic heterocycles. The van der Waals surface area contributed by atoms with Crippen molar-refractivity contribution in [2.24, 2.45) is 0 Å². The predicted molar refractivity (Wildman–Crippen MR) is 61.2 cm³/mol. The monoisotopic (exact) mass is 196 g/mol. The van der Waals surface area contributed by atoms with E-state index in [1.807, 2.05) is 12.2 Å². The van der Waals surface area contributed by atoms with Gasteiger partial charge in [0.15, 0.2) is 5.60 Å². The van der Waals surface area contributed by atoms with Crippen LogP contribution in [-0.4, -0.2) is 5.60 Å². The van der Waals surface area contributed by atoms with E-state index in [0.29, 0.717) is 0 Å². The van der Waals surface area contributed by atoms with E-state index in [0.717, 1.165) is 6.42 Å². The Kier molecular flexibility index (Phi) is 1.78. The van der Waals surface area contributed by atoms with Crippen molar-refractivity contribution in [1.82, 2.24) is 0 Å². The lowest BCUT2D eigenvalue weighted by Crippen LogP contribution is -2.28. The molecule has 0 aromatic carbocycles. The van der Waals surface area contributed by atoms with Crippen molar-refractivity contribution in [3.05, 3.63) is 72.1 Å². The third-order valence-electron chi connectivity index (χ3n) is 2.99. The fourth-order valence-corrected chi connectivity index (χ4v) is 2.22. The second-order valence-corrected chi connectivity index (χ2v) is 3.88. The molecular weight excluding hydrogens is 184 g/mol. The van der Waals surface area contributed by atoms with Gasteiger partial charge in [-0.2, -0.15) is 0 Å². The Hall–Kier alpha value is -1.76. The number of allylic oxidation sites excluding steroid dienone is 7. The zero-order valence-electron chi connectivity index (χ0n) is 8.39. The molecule has 1 atom stereocenters. The van der Waals surface area contributed by atoms with E-state index in [-0.39, 0.29) is 5.60 Å². The zero-order chi connectivity index (χ0) is 10.1. The van der Waals surface area contributed by atoms with Crippen molar-refractivity contribution in [2.45, 2.75) is 12.0 Å². The van der Waals surface area contributed by atoms with Crippen LogP contribution in [0.25, 0.3) is 0 Å². The largest absolute Gasteiger partial charge is 0.486 e. The second kappa shape index (κ2) is 3.13. The normalized spacial score (nSPS) is 30.9. The van der Waals surface area contributed by atoms with Crippen LogP contribution in [0.3, 0.4) is 0 Å². The van der Waals surface area contributed by atoms with Gasteiger partial charge in [-0.15, -0.1) is 0 Å². The molecule has 3 rings (SSSR count). The zero-order valence-corrected chi connectivity index (χ0v) is 8.39. The number of hydrogen-bond acceptors (Lipinski definition) is 1. The van der Waals surface area contributed by atoms with Crippen molar-refractivity contribution < 1.29 is 4.74 Å². The van der Waals surface area contributed by atoms with Crippen molar-refractivity contribution in [3.8, 4) is 0 Å². The van der Waals surface area contributed by atoms with Gasteiger partial charge in [-0.25, -0.2) is 0 Å². The summed E-state index contributed by atoms with van der Waals surface area (Å²) < 4.78 is 5.80. The van der Waals surface area contributed by atoms with E-state index in [9.17, 15) is 0 Å². The molecule has 1 nitrogen and oxygen atoms in total. The summed E-state index contributed by atoms with van der Waals surface area (Å²) in [6.45, 7) is 0. The van der Waals surface area contributed by atoms with Crippen LogP contribution < -0.4 is 0 Å². The minimum atomic E-state index is -0.247. The molecule has 1 heteroatoms. The first-order valence-electron chi connectivity index (χ1n) is 5.19. The molecular formula is C14H12O. The summed E-state index contributed by atoms with van der Waals surface area (Å²) in [5.41, 5.74) is 2.29. The molecule has 0 N–H and O–H groups in total. The first-order valence-corrected chi connectivity index (χ1v) is 5.19. The average molecular weight is 196 g/mol. The van der Waals surface area contributed by atoms with Gasteiger partial charge < -0.3 is 4.74 Å². The molecule has 3 aliphatic rings. The lowest BCUT2D eigenvalue weighted by Gasteiger charge is -2.29. The first kappa shape index (κ1) is 8.54. The van der Waals surface area contributed by atoms with Gasteiger partial charge in [0.05, 0.1) is 6.26 Å². The summed E-state index contributed by atoms with van der Waals surface area (Å²) in [4.78, 5) is 0. The standard InChI is InChI=1S/C14H12O/c1-2-6-12-8-10-14(13(12)7-3-1)9-4-5-11-15-14/h1-9,11H,10H2. The summed E-state index contributed by atoms with van der Waals surface area (Å²) in [5.74, 6) is 0. The van der Waals surface area contributed by atoms with Gasteiger partial charge in [0, 0.05) is 12.0 Å². The highest BCUT2D eigenvalue weighted by molar-refractivity contribution is 5.57. The molecule has 1 heterocycles. The quantitative estimate of drug-likeness (QED) is 0.578. The molecule has 1 unspecified atom stereocenters. The fraction of sp³-hybridized carbons (Fsp3) is 0.143.